The van der Waals surface area contributed by atoms with Gasteiger partial charge in [-0.3, -0.25) is 14.9 Å². The number of nitro groups is 1. The number of nitro benzene ring substituents is 1. The van der Waals surface area contributed by atoms with Gasteiger partial charge in [-0.05, 0) is 60.1 Å². The number of ether oxygens (including phenoxy) is 1. The SMILES string of the molecule is Cc1cc(C(C)(C)C)cc(C)c1CCNC(=O)COc1ccc(S(N)(=O)=O)cc1[N+](=O)[O-]. The van der Waals surface area contributed by atoms with Crippen LogP contribution in [0, 0.1) is 24.0 Å². The summed E-state index contributed by atoms with van der Waals surface area (Å²) < 4.78 is 28.0. The van der Waals surface area contributed by atoms with Gasteiger partial charge in [0.2, 0.25) is 10.0 Å². The second kappa shape index (κ2) is 9.66. The van der Waals surface area contributed by atoms with E-state index in [9.17, 15) is 23.3 Å². The topological polar surface area (TPSA) is 142 Å². The highest BCUT2D eigenvalue weighted by molar-refractivity contribution is 7.89. The normalized spacial score (nSPS) is 11.8. The Labute approximate surface area is 188 Å². The Morgan fingerprint density at radius 2 is 1.75 bits per heavy atom. The minimum absolute atomic E-state index is 0.0504. The summed E-state index contributed by atoms with van der Waals surface area (Å²) in [5, 5.41) is 18.9. The average molecular weight is 464 g/mol. The lowest BCUT2D eigenvalue weighted by Crippen LogP contribution is -2.31. The molecule has 0 aromatic heterocycles. The number of carbonyl (C=O) groups excluding carboxylic acids is 1. The van der Waals surface area contributed by atoms with Gasteiger partial charge in [0.25, 0.3) is 5.91 Å². The average Bonchev–Trinajstić information content (AvgIpc) is 2.66. The molecule has 2 aromatic carbocycles. The van der Waals surface area contributed by atoms with E-state index in [-0.39, 0.29) is 11.2 Å². The molecule has 1 amide bonds. The molecule has 0 aliphatic rings. The van der Waals surface area contributed by atoms with Crippen LogP contribution in [0.5, 0.6) is 5.75 Å². The highest BCUT2D eigenvalue weighted by Gasteiger charge is 2.21. The van der Waals surface area contributed by atoms with Crippen LogP contribution in [0.4, 0.5) is 5.69 Å². The third kappa shape index (κ3) is 6.51. The first-order valence-corrected chi connectivity index (χ1v) is 11.6. The van der Waals surface area contributed by atoms with Gasteiger partial charge in [0, 0.05) is 12.6 Å². The zero-order valence-electron chi connectivity index (χ0n) is 18.9. The van der Waals surface area contributed by atoms with Gasteiger partial charge < -0.3 is 10.1 Å². The molecule has 0 bridgehead atoms. The van der Waals surface area contributed by atoms with Crippen molar-refractivity contribution in [2.45, 2.75) is 51.3 Å². The van der Waals surface area contributed by atoms with Crippen molar-refractivity contribution in [2.24, 2.45) is 5.14 Å². The Hall–Kier alpha value is -2.98. The van der Waals surface area contributed by atoms with Gasteiger partial charge in [0.15, 0.2) is 12.4 Å². The molecule has 0 saturated heterocycles. The Kier molecular flexibility index (Phi) is 7.63. The van der Waals surface area contributed by atoms with Gasteiger partial charge in [-0.2, -0.15) is 0 Å². The maximum atomic E-state index is 12.1. The molecular formula is C22H29N3O6S. The van der Waals surface area contributed by atoms with Crippen molar-refractivity contribution >= 4 is 21.6 Å². The molecular weight excluding hydrogens is 434 g/mol. The zero-order valence-corrected chi connectivity index (χ0v) is 19.7. The first kappa shape index (κ1) is 25.3. The summed E-state index contributed by atoms with van der Waals surface area (Å²) in [6.07, 6.45) is 0.636. The van der Waals surface area contributed by atoms with Crippen LogP contribution in [0.25, 0.3) is 0 Å². The predicted molar refractivity (Wildman–Crippen MR) is 121 cm³/mol. The first-order chi connectivity index (χ1) is 14.7. The molecule has 0 aliphatic heterocycles. The lowest BCUT2D eigenvalue weighted by Gasteiger charge is -2.22. The predicted octanol–water partition coefficient (Wildman–Crippen LogP) is 2.89. The van der Waals surface area contributed by atoms with Crippen molar-refractivity contribution in [3.05, 3.63) is 62.7 Å². The molecule has 2 rings (SSSR count). The smallest absolute Gasteiger partial charge is 0.312 e. The highest BCUT2D eigenvalue weighted by Crippen LogP contribution is 2.29. The minimum atomic E-state index is -4.10. The summed E-state index contributed by atoms with van der Waals surface area (Å²) >= 11 is 0. The van der Waals surface area contributed by atoms with E-state index in [1.54, 1.807) is 0 Å². The van der Waals surface area contributed by atoms with Crippen molar-refractivity contribution < 1.29 is 22.9 Å². The van der Waals surface area contributed by atoms with Crippen molar-refractivity contribution in [3.63, 3.8) is 0 Å². The second-order valence-corrected chi connectivity index (χ2v) is 10.2. The van der Waals surface area contributed by atoms with Gasteiger partial charge >= 0.3 is 5.69 Å². The van der Waals surface area contributed by atoms with Gasteiger partial charge in [0.1, 0.15) is 0 Å². The zero-order chi connectivity index (χ0) is 24.3. The van der Waals surface area contributed by atoms with Crippen molar-refractivity contribution in [1.29, 1.82) is 0 Å². The summed E-state index contributed by atoms with van der Waals surface area (Å²) in [5.41, 5.74) is 4.19. The van der Waals surface area contributed by atoms with E-state index < -0.39 is 38.0 Å². The van der Waals surface area contributed by atoms with Crippen LogP contribution in [0.2, 0.25) is 0 Å². The van der Waals surface area contributed by atoms with Crippen LogP contribution < -0.4 is 15.2 Å². The molecule has 0 spiro atoms. The Morgan fingerprint density at radius 3 is 2.25 bits per heavy atom. The van der Waals surface area contributed by atoms with E-state index in [1.807, 2.05) is 13.8 Å². The summed E-state index contributed by atoms with van der Waals surface area (Å²) in [5.74, 6) is -0.668. The maximum absolute atomic E-state index is 12.1. The van der Waals surface area contributed by atoms with Gasteiger partial charge in [-0.15, -0.1) is 0 Å². The van der Waals surface area contributed by atoms with E-state index in [1.165, 1.54) is 5.56 Å². The maximum Gasteiger partial charge on any atom is 0.312 e. The lowest BCUT2D eigenvalue weighted by molar-refractivity contribution is -0.386. The van der Waals surface area contributed by atoms with Crippen molar-refractivity contribution in [2.75, 3.05) is 13.2 Å². The molecule has 0 atom stereocenters. The molecule has 2 aromatic rings. The molecule has 9 nitrogen and oxygen atoms in total. The summed E-state index contributed by atoms with van der Waals surface area (Å²) in [7, 11) is -4.10. The fourth-order valence-electron chi connectivity index (χ4n) is 3.28. The van der Waals surface area contributed by atoms with Crippen molar-refractivity contribution in [1.82, 2.24) is 5.32 Å². The Balaban J connectivity index is 1.98. The summed E-state index contributed by atoms with van der Waals surface area (Å²) in [6.45, 7) is 10.5. The third-order valence-corrected chi connectivity index (χ3v) is 5.98. The molecule has 0 radical (unpaired) electrons. The number of carbonyl (C=O) groups is 1. The van der Waals surface area contributed by atoms with Crippen LogP contribution in [-0.2, 0) is 26.7 Å². The van der Waals surface area contributed by atoms with Crippen LogP contribution >= 0.6 is 0 Å². The quantitative estimate of drug-likeness (QED) is 0.455. The van der Waals surface area contributed by atoms with Gasteiger partial charge in [0.05, 0.1) is 9.82 Å². The van der Waals surface area contributed by atoms with Gasteiger partial charge in [-0.1, -0.05) is 32.9 Å². The van der Waals surface area contributed by atoms with E-state index in [2.05, 4.69) is 38.2 Å². The fourth-order valence-corrected chi connectivity index (χ4v) is 3.81. The largest absolute Gasteiger partial charge is 0.477 e. The minimum Gasteiger partial charge on any atom is -0.477 e. The molecule has 0 aliphatic carbocycles. The third-order valence-electron chi connectivity index (χ3n) is 5.07. The Morgan fingerprint density at radius 1 is 1.16 bits per heavy atom. The van der Waals surface area contributed by atoms with E-state index in [0.29, 0.717) is 13.0 Å². The fraction of sp³-hybridized carbons (Fsp3) is 0.409. The number of hydrogen-bond donors (Lipinski definition) is 2. The number of amides is 1. The first-order valence-electron chi connectivity index (χ1n) is 10.0. The van der Waals surface area contributed by atoms with Crippen LogP contribution in [0.3, 0.4) is 0 Å². The molecule has 0 fully saturated rings. The molecule has 174 valence electrons. The summed E-state index contributed by atoms with van der Waals surface area (Å²) in [6, 6.07) is 7.32. The molecule has 0 unspecified atom stereocenters. The van der Waals surface area contributed by atoms with Crippen LogP contribution in [-0.4, -0.2) is 32.4 Å². The lowest BCUT2D eigenvalue weighted by atomic mass is 9.83. The highest BCUT2D eigenvalue weighted by atomic mass is 32.2. The number of benzene rings is 2. The van der Waals surface area contributed by atoms with E-state index in [4.69, 9.17) is 9.88 Å². The van der Waals surface area contributed by atoms with Crippen molar-refractivity contribution in [3.8, 4) is 5.75 Å². The number of aryl methyl sites for hydroxylation is 2. The van der Waals surface area contributed by atoms with E-state index in [0.717, 1.165) is 34.9 Å². The number of nitrogens with one attached hydrogen (secondary N) is 1. The molecule has 10 heteroatoms. The molecule has 32 heavy (non-hydrogen) atoms. The van der Waals surface area contributed by atoms with Crippen LogP contribution in [0.1, 0.15) is 43.0 Å². The number of sulfonamides is 1. The molecule has 0 heterocycles. The second-order valence-electron chi connectivity index (χ2n) is 8.66. The summed E-state index contributed by atoms with van der Waals surface area (Å²) in [4.78, 5) is 22.2. The van der Waals surface area contributed by atoms with Gasteiger partial charge in [-0.25, -0.2) is 13.6 Å². The Bertz CT molecular complexity index is 1110. The van der Waals surface area contributed by atoms with Crippen LogP contribution in [0.15, 0.2) is 35.2 Å². The number of hydrogen-bond acceptors (Lipinski definition) is 6. The molecule has 0 saturated carbocycles. The standard InChI is InChI=1S/C22H29N3O6S/c1-14-10-16(22(3,4)5)11-15(2)18(14)8-9-24-21(26)13-31-20-7-6-17(32(23,29)30)12-19(20)25(27)28/h6-7,10-12H,8-9,13H2,1-5H3,(H,24,26)(H2,23,29,30). The number of nitrogens with zero attached hydrogens (tertiary/aromatic N) is 1. The van der Waals surface area contributed by atoms with E-state index >= 15 is 0 Å². The number of rotatable bonds is 8. The number of nitrogens with two attached hydrogens (primary N) is 1. The molecule has 3 N–H and O–H groups in total. The monoisotopic (exact) mass is 463 g/mol. The number of primary sulfonamides is 1.